The Kier molecular flexibility index (Phi) is 4.17. The molecule has 0 saturated heterocycles. The van der Waals surface area contributed by atoms with Crippen molar-refractivity contribution in [1.82, 2.24) is 4.98 Å². The minimum Gasteiger partial charge on any atom is -0.309 e. The Hall–Kier alpha value is -0.950. The van der Waals surface area contributed by atoms with Crippen molar-refractivity contribution < 1.29 is 13.2 Å². The topological polar surface area (TPSA) is 76.1 Å². The number of nitrogens with one attached hydrogen (secondary N) is 1. The highest BCUT2D eigenvalue weighted by molar-refractivity contribution is 9.10. The van der Waals surface area contributed by atoms with E-state index in [9.17, 15) is 13.2 Å². The second-order valence-corrected chi connectivity index (χ2v) is 8.04. The first-order valence-corrected chi connectivity index (χ1v) is 7.87. The molecular weight excluding hydrogens is 320 g/mol. The smallest absolute Gasteiger partial charge is 0.246 e. The van der Waals surface area contributed by atoms with Crippen molar-refractivity contribution in [1.29, 1.82) is 0 Å². The zero-order valence-electron chi connectivity index (χ0n) is 10.6. The Labute approximate surface area is 115 Å². The Morgan fingerprint density at radius 2 is 2.00 bits per heavy atom. The molecule has 0 saturated carbocycles. The van der Waals surface area contributed by atoms with Gasteiger partial charge in [-0.15, -0.1) is 0 Å². The van der Waals surface area contributed by atoms with Crippen molar-refractivity contribution in [2.45, 2.75) is 25.5 Å². The molecule has 1 heterocycles. The molecule has 7 heteroatoms. The van der Waals surface area contributed by atoms with Gasteiger partial charge in [0.15, 0.2) is 9.84 Å². The number of aryl methyl sites for hydroxylation is 1. The van der Waals surface area contributed by atoms with E-state index < -0.39 is 20.5 Å². The van der Waals surface area contributed by atoms with E-state index in [0.29, 0.717) is 5.82 Å². The predicted octanol–water partition coefficient (Wildman–Crippen LogP) is 1.91. The fourth-order valence-electron chi connectivity index (χ4n) is 1.10. The summed E-state index contributed by atoms with van der Waals surface area (Å²) in [5.74, 6) is -0.233. The molecule has 1 N–H and O–H groups in total. The van der Waals surface area contributed by atoms with E-state index in [2.05, 4.69) is 26.2 Å². The fourth-order valence-corrected chi connectivity index (χ4v) is 1.93. The standard InChI is InChI=1S/C11H15BrN2O3S/c1-7-5-8(12)6-13-9(7)14-10(15)11(2,3)18(4,16)17/h5-6H,1-4H3,(H,13,14,15). The Bertz CT molecular complexity index is 582. The summed E-state index contributed by atoms with van der Waals surface area (Å²) >= 11 is 3.26. The first kappa shape index (κ1) is 15.1. The molecule has 0 aliphatic carbocycles. The molecule has 100 valence electrons. The van der Waals surface area contributed by atoms with E-state index in [1.54, 1.807) is 13.0 Å². The van der Waals surface area contributed by atoms with E-state index in [-0.39, 0.29) is 0 Å². The van der Waals surface area contributed by atoms with Gasteiger partial charge in [0.25, 0.3) is 0 Å². The molecule has 0 spiro atoms. The minimum absolute atomic E-state index is 0.361. The van der Waals surface area contributed by atoms with Gasteiger partial charge in [-0.3, -0.25) is 4.79 Å². The first-order chi connectivity index (χ1) is 8.05. The minimum atomic E-state index is -3.49. The number of pyridine rings is 1. The number of rotatable bonds is 3. The van der Waals surface area contributed by atoms with Crippen molar-refractivity contribution >= 4 is 37.5 Å². The van der Waals surface area contributed by atoms with Gasteiger partial charge >= 0.3 is 0 Å². The second kappa shape index (κ2) is 4.97. The third kappa shape index (κ3) is 3.08. The molecule has 0 radical (unpaired) electrons. The maximum absolute atomic E-state index is 12.0. The molecule has 0 fully saturated rings. The number of hydrogen-bond donors (Lipinski definition) is 1. The highest BCUT2D eigenvalue weighted by Crippen LogP contribution is 2.21. The molecule has 0 unspecified atom stereocenters. The van der Waals surface area contributed by atoms with Crippen LogP contribution in [-0.4, -0.2) is 30.3 Å². The van der Waals surface area contributed by atoms with Gasteiger partial charge in [-0.05, 0) is 48.3 Å². The van der Waals surface area contributed by atoms with Crippen molar-refractivity contribution in [3.8, 4) is 0 Å². The Morgan fingerprint density at radius 3 is 2.44 bits per heavy atom. The highest BCUT2D eigenvalue weighted by atomic mass is 79.9. The van der Waals surface area contributed by atoms with Crippen LogP contribution in [0.25, 0.3) is 0 Å². The number of aromatic nitrogens is 1. The number of nitrogens with zero attached hydrogens (tertiary/aromatic N) is 1. The normalized spacial score (nSPS) is 12.3. The van der Waals surface area contributed by atoms with E-state index in [0.717, 1.165) is 16.3 Å². The monoisotopic (exact) mass is 334 g/mol. The molecule has 0 aliphatic rings. The Balaban J connectivity index is 3.02. The van der Waals surface area contributed by atoms with Crippen LogP contribution in [0.15, 0.2) is 16.7 Å². The van der Waals surface area contributed by atoms with Gasteiger partial charge < -0.3 is 5.32 Å². The van der Waals surface area contributed by atoms with Gasteiger partial charge in [-0.1, -0.05) is 0 Å². The fraction of sp³-hybridized carbons (Fsp3) is 0.455. The average molecular weight is 335 g/mol. The molecule has 0 aliphatic heterocycles. The summed E-state index contributed by atoms with van der Waals surface area (Å²) in [6.45, 7) is 4.51. The van der Waals surface area contributed by atoms with Crippen LogP contribution < -0.4 is 5.32 Å². The molecule has 0 aromatic carbocycles. The molecular formula is C11H15BrN2O3S. The maximum Gasteiger partial charge on any atom is 0.246 e. The molecule has 1 rings (SSSR count). The van der Waals surface area contributed by atoms with E-state index in [1.807, 2.05) is 0 Å². The van der Waals surface area contributed by atoms with Crippen LogP contribution in [0.2, 0.25) is 0 Å². The molecule has 5 nitrogen and oxygen atoms in total. The van der Waals surface area contributed by atoms with Crippen molar-refractivity contribution in [2.24, 2.45) is 0 Å². The summed E-state index contributed by atoms with van der Waals surface area (Å²) in [7, 11) is -3.49. The summed E-state index contributed by atoms with van der Waals surface area (Å²) in [6, 6.07) is 1.79. The van der Waals surface area contributed by atoms with Gasteiger partial charge in [0.05, 0.1) is 0 Å². The number of amides is 1. The lowest BCUT2D eigenvalue weighted by atomic mass is 10.2. The van der Waals surface area contributed by atoms with Crippen LogP contribution in [-0.2, 0) is 14.6 Å². The summed E-state index contributed by atoms with van der Waals surface area (Å²) in [4.78, 5) is 16.0. The molecule has 18 heavy (non-hydrogen) atoms. The Morgan fingerprint density at radius 1 is 1.44 bits per heavy atom. The number of halogens is 1. The van der Waals surface area contributed by atoms with Gasteiger partial charge in [0.2, 0.25) is 5.91 Å². The zero-order valence-corrected chi connectivity index (χ0v) is 13.0. The predicted molar refractivity (Wildman–Crippen MR) is 74.2 cm³/mol. The second-order valence-electron chi connectivity index (χ2n) is 4.56. The maximum atomic E-state index is 12.0. The lowest BCUT2D eigenvalue weighted by molar-refractivity contribution is -0.117. The number of carbonyl (C=O) groups excluding carboxylic acids is 1. The van der Waals surface area contributed by atoms with Crippen LogP contribution in [0.3, 0.4) is 0 Å². The first-order valence-electron chi connectivity index (χ1n) is 5.19. The van der Waals surface area contributed by atoms with Crippen LogP contribution >= 0.6 is 15.9 Å². The lowest BCUT2D eigenvalue weighted by Crippen LogP contribution is -2.44. The van der Waals surface area contributed by atoms with E-state index in [1.165, 1.54) is 20.0 Å². The number of sulfone groups is 1. The van der Waals surface area contributed by atoms with Gasteiger partial charge in [-0.2, -0.15) is 0 Å². The van der Waals surface area contributed by atoms with Crippen molar-refractivity contribution in [3.63, 3.8) is 0 Å². The lowest BCUT2D eigenvalue weighted by Gasteiger charge is -2.21. The summed E-state index contributed by atoms with van der Waals surface area (Å²) in [6.07, 6.45) is 2.57. The zero-order chi connectivity index (χ0) is 14.1. The third-order valence-electron chi connectivity index (χ3n) is 2.75. The highest BCUT2D eigenvalue weighted by Gasteiger charge is 2.38. The van der Waals surface area contributed by atoms with Crippen LogP contribution in [0.4, 0.5) is 5.82 Å². The molecule has 0 atom stereocenters. The van der Waals surface area contributed by atoms with E-state index >= 15 is 0 Å². The van der Waals surface area contributed by atoms with Gasteiger partial charge in [0, 0.05) is 16.9 Å². The molecule has 1 amide bonds. The quantitative estimate of drug-likeness (QED) is 0.916. The van der Waals surface area contributed by atoms with Crippen LogP contribution in [0.1, 0.15) is 19.4 Å². The van der Waals surface area contributed by atoms with Crippen molar-refractivity contribution in [2.75, 3.05) is 11.6 Å². The third-order valence-corrected chi connectivity index (χ3v) is 5.22. The van der Waals surface area contributed by atoms with E-state index in [4.69, 9.17) is 0 Å². The molecule has 1 aromatic heterocycles. The SMILES string of the molecule is Cc1cc(Br)cnc1NC(=O)C(C)(C)S(C)(=O)=O. The van der Waals surface area contributed by atoms with Gasteiger partial charge in [0.1, 0.15) is 10.6 Å². The molecule has 1 aromatic rings. The average Bonchev–Trinajstić information content (AvgIpc) is 2.20. The largest absolute Gasteiger partial charge is 0.309 e. The number of hydrogen-bond acceptors (Lipinski definition) is 4. The van der Waals surface area contributed by atoms with Gasteiger partial charge in [-0.25, -0.2) is 13.4 Å². The molecule has 0 bridgehead atoms. The summed E-state index contributed by atoms with van der Waals surface area (Å²) in [5, 5.41) is 2.53. The van der Waals surface area contributed by atoms with Crippen LogP contribution in [0, 0.1) is 6.92 Å². The summed E-state index contributed by atoms with van der Waals surface area (Å²) < 4.78 is 22.4. The summed E-state index contributed by atoms with van der Waals surface area (Å²) in [5.41, 5.74) is 0.752. The van der Waals surface area contributed by atoms with Crippen molar-refractivity contribution in [3.05, 3.63) is 22.3 Å². The number of anilines is 1. The van der Waals surface area contributed by atoms with Crippen LogP contribution in [0.5, 0.6) is 0 Å². The number of carbonyl (C=O) groups is 1.